The van der Waals surface area contributed by atoms with E-state index in [4.69, 9.17) is 11.6 Å². The summed E-state index contributed by atoms with van der Waals surface area (Å²) in [5.74, 6) is -0.154. The third-order valence-corrected chi connectivity index (χ3v) is 4.86. The van der Waals surface area contributed by atoms with Gasteiger partial charge in [0.05, 0.1) is 29.7 Å². The Morgan fingerprint density at radius 1 is 1.55 bits per heavy atom. The number of halogens is 1. The third kappa shape index (κ3) is 2.73. The minimum atomic E-state index is -0.735. The maximum absolute atomic E-state index is 12.0. The molecule has 1 fully saturated rings. The van der Waals surface area contributed by atoms with Gasteiger partial charge in [0.1, 0.15) is 5.01 Å². The largest absolute Gasteiger partial charge is 0.294 e. The molecule has 2 amide bonds. The molecule has 1 N–H and O–H groups in total. The van der Waals surface area contributed by atoms with E-state index < -0.39 is 5.54 Å². The summed E-state index contributed by atoms with van der Waals surface area (Å²) in [5, 5.41) is 5.21. The second-order valence-corrected chi connectivity index (χ2v) is 6.46. The molecule has 1 aromatic heterocycles. The fourth-order valence-corrected chi connectivity index (χ4v) is 3.61. The molecule has 110 valence electrons. The van der Waals surface area contributed by atoms with Crippen molar-refractivity contribution < 1.29 is 9.59 Å². The zero-order valence-electron chi connectivity index (χ0n) is 11.8. The highest BCUT2D eigenvalue weighted by Gasteiger charge is 2.44. The molecule has 1 aromatic rings. The molecule has 5 nitrogen and oxygen atoms in total. The van der Waals surface area contributed by atoms with Crippen molar-refractivity contribution in [3.63, 3.8) is 0 Å². The van der Waals surface area contributed by atoms with Gasteiger partial charge in [-0.1, -0.05) is 6.92 Å². The van der Waals surface area contributed by atoms with E-state index in [1.165, 1.54) is 11.3 Å². The van der Waals surface area contributed by atoms with Crippen molar-refractivity contribution in [2.75, 3.05) is 6.54 Å². The summed E-state index contributed by atoms with van der Waals surface area (Å²) >= 11 is 7.31. The van der Waals surface area contributed by atoms with Gasteiger partial charge in [0.15, 0.2) is 0 Å². The van der Waals surface area contributed by atoms with Crippen LogP contribution in [0.1, 0.15) is 43.9 Å². The second-order valence-electron chi connectivity index (χ2n) is 5.30. The molecule has 2 rings (SSSR count). The van der Waals surface area contributed by atoms with E-state index in [-0.39, 0.29) is 24.4 Å². The quantitative estimate of drug-likeness (QED) is 0.682. The summed E-state index contributed by atoms with van der Waals surface area (Å²) in [4.78, 5) is 30.1. The number of carbonyl (C=O) groups is 2. The Balaban J connectivity index is 2.33. The van der Waals surface area contributed by atoms with E-state index in [0.717, 1.165) is 17.1 Å². The molecular formula is C13H18ClN3O2S. The Morgan fingerprint density at radius 3 is 2.80 bits per heavy atom. The number of imide groups is 1. The van der Waals surface area contributed by atoms with Gasteiger partial charge in [0, 0.05) is 5.38 Å². The molecule has 1 atom stereocenters. The Morgan fingerprint density at radius 2 is 2.25 bits per heavy atom. The van der Waals surface area contributed by atoms with E-state index in [0.29, 0.717) is 5.88 Å². The summed E-state index contributed by atoms with van der Waals surface area (Å²) < 4.78 is 0. The number of nitrogens with zero attached hydrogens (tertiary/aromatic N) is 2. The summed E-state index contributed by atoms with van der Waals surface area (Å²) in [6, 6.07) is -0.0537. The van der Waals surface area contributed by atoms with Crippen molar-refractivity contribution in [2.24, 2.45) is 0 Å². The standard InChI is InChI=1S/C13H18ClN3O2S/c1-4-9(11-15-8(5-14)7-20-11)17-6-10(18)16-12(19)13(17,2)3/h7,9H,4-6H2,1-3H3,(H,16,18,19). The first-order valence-corrected chi connectivity index (χ1v) is 7.92. The summed E-state index contributed by atoms with van der Waals surface area (Å²) in [6.45, 7) is 5.88. The molecule has 7 heteroatoms. The predicted octanol–water partition coefficient (Wildman–Crippen LogP) is 2.07. The van der Waals surface area contributed by atoms with Crippen LogP contribution in [0.3, 0.4) is 0 Å². The van der Waals surface area contributed by atoms with Gasteiger partial charge in [-0.05, 0) is 20.3 Å². The number of rotatable bonds is 4. The number of amides is 2. The van der Waals surface area contributed by atoms with Gasteiger partial charge < -0.3 is 0 Å². The number of piperazine rings is 1. The Kier molecular flexibility index (Phi) is 4.46. The number of aromatic nitrogens is 1. The first kappa shape index (κ1) is 15.4. The molecule has 0 saturated carbocycles. The van der Waals surface area contributed by atoms with Crippen LogP contribution in [0.2, 0.25) is 0 Å². The fraction of sp³-hybridized carbons (Fsp3) is 0.615. The minimum Gasteiger partial charge on any atom is -0.294 e. The van der Waals surface area contributed by atoms with Crippen LogP contribution in [0.15, 0.2) is 5.38 Å². The molecular weight excluding hydrogens is 298 g/mol. The van der Waals surface area contributed by atoms with E-state index in [1.807, 2.05) is 31.1 Å². The highest BCUT2D eigenvalue weighted by Crippen LogP contribution is 2.34. The fourth-order valence-electron chi connectivity index (χ4n) is 2.37. The summed E-state index contributed by atoms with van der Waals surface area (Å²) in [6.07, 6.45) is 0.777. The zero-order chi connectivity index (χ0) is 14.9. The van der Waals surface area contributed by atoms with Crippen LogP contribution < -0.4 is 5.32 Å². The Labute approximate surface area is 127 Å². The van der Waals surface area contributed by atoms with E-state index in [1.54, 1.807) is 0 Å². The molecule has 0 spiro atoms. The first-order valence-electron chi connectivity index (χ1n) is 6.51. The van der Waals surface area contributed by atoms with E-state index in [9.17, 15) is 9.59 Å². The summed E-state index contributed by atoms with van der Waals surface area (Å²) in [5.41, 5.74) is 0.0946. The maximum atomic E-state index is 12.0. The van der Waals surface area contributed by atoms with Crippen molar-refractivity contribution in [2.45, 2.75) is 44.7 Å². The molecule has 1 unspecified atom stereocenters. The van der Waals surface area contributed by atoms with Crippen LogP contribution in [0, 0.1) is 0 Å². The average Bonchev–Trinajstić information content (AvgIpc) is 2.85. The summed E-state index contributed by atoms with van der Waals surface area (Å²) in [7, 11) is 0. The van der Waals surface area contributed by atoms with Gasteiger partial charge in [-0.3, -0.25) is 19.8 Å². The number of hydrogen-bond donors (Lipinski definition) is 1. The molecule has 0 radical (unpaired) electrons. The first-order chi connectivity index (χ1) is 9.40. The molecule has 1 saturated heterocycles. The lowest BCUT2D eigenvalue weighted by molar-refractivity contribution is -0.147. The molecule has 1 aliphatic rings. The SMILES string of the molecule is CCC(c1nc(CCl)cs1)N1CC(=O)NC(=O)C1(C)C. The van der Waals surface area contributed by atoms with Gasteiger partial charge in [0.25, 0.3) is 0 Å². The molecule has 2 heterocycles. The molecule has 0 aromatic carbocycles. The number of nitrogens with one attached hydrogen (secondary N) is 1. The molecule has 20 heavy (non-hydrogen) atoms. The van der Waals surface area contributed by atoms with Gasteiger partial charge in [-0.25, -0.2) is 4.98 Å². The van der Waals surface area contributed by atoms with Crippen LogP contribution in [0.4, 0.5) is 0 Å². The topological polar surface area (TPSA) is 62.3 Å². The third-order valence-electron chi connectivity index (χ3n) is 3.60. The van der Waals surface area contributed by atoms with Crippen LogP contribution >= 0.6 is 22.9 Å². The van der Waals surface area contributed by atoms with Crippen LogP contribution in [0.5, 0.6) is 0 Å². The Hall–Kier alpha value is -0.980. The smallest absolute Gasteiger partial charge is 0.246 e. The van der Waals surface area contributed by atoms with E-state index in [2.05, 4.69) is 10.3 Å². The molecule has 1 aliphatic heterocycles. The van der Waals surface area contributed by atoms with Gasteiger partial charge >= 0.3 is 0 Å². The maximum Gasteiger partial charge on any atom is 0.246 e. The van der Waals surface area contributed by atoms with Crippen LogP contribution in [-0.2, 0) is 15.5 Å². The number of carbonyl (C=O) groups excluding carboxylic acids is 2. The molecule has 0 bridgehead atoms. The van der Waals surface area contributed by atoms with Crippen molar-refractivity contribution >= 4 is 34.8 Å². The van der Waals surface area contributed by atoms with E-state index >= 15 is 0 Å². The van der Waals surface area contributed by atoms with Gasteiger partial charge in [-0.15, -0.1) is 22.9 Å². The number of alkyl halides is 1. The van der Waals surface area contributed by atoms with Crippen molar-refractivity contribution in [1.29, 1.82) is 0 Å². The number of thiazole rings is 1. The highest BCUT2D eigenvalue weighted by atomic mass is 35.5. The zero-order valence-corrected chi connectivity index (χ0v) is 13.3. The average molecular weight is 316 g/mol. The lowest BCUT2D eigenvalue weighted by Crippen LogP contribution is -2.64. The number of hydrogen-bond acceptors (Lipinski definition) is 5. The highest BCUT2D eigenvalue weighted by molar-refractivity contribution is 7.09. The predicted molar refractivity (Wildman–Crippen MR) is 78.6 cm³/mol. The van der Waals surface area contributed by atoms with Gasteiger partial charge in [-0.2, -0.15) is 0 Å². The monoisotopic (exact) mass is 315 g/mol. The van der Waals surface area contributed by atoms with Crippen LogP contribution in [-0.4, -0.2) is 33.8 Å². The minimum absolute atomic E-state index is 0.0537. The lowest BCUT2D eigenvalue weighted by Gasteiger charge is -2.43. The van der Waals surface area contributed by atoms with Crippen molar-refractivity contribution in [3.05, 3.63) is 16.1 Å². The second kappa shape index (κ2) is 5.79. The Bertz CT molecular complexity index is 529. The van der Waals surface area contributed by atoms with Crippen molar-refractivity contribution in [3.8, 4) is 0 Å². The van der Waals surface area contributed by atoms with Crippen molar-refractivity contribution in [1.82, 2.24) is 15.2 Å². The van der Waals surface area contributed by atoms with Crippen LogP contribution in [0.25, 0.3) is 0 Å². The lowest BCUT2D eigenvalue weighted by atomic mass is 9.95. The molecule has 0 aliphatic carbocycles. The van der Waals surface area contributed by atoms with Gasteiger partial charge in [0.2, 0.25) is 11.8 Å². The normalized spacial score (nSPS) is 20.8.